The Bertz CT molecular complexity index is 367. The molecule has 2 aliphatic rings. The quantitative estimate of drug-likeness (QED) is 0.809. The summed E-state index contributed by atoms with van der Waals surface area (Å²) in [5, 5.41) is 13.3. The molecule has 0 radical (unpaired) electrons. The van der Waals surface area contributed by atoms with Crippen molar-refractivity contribution in [1.29, 1.82) is 0 Å². The van der Waals surface area contributed by atoms with E-state index in [-0.39, 0.29) is 11.1 Å². The van der Waals surface area contributed by atoms with Crippen molar-refractivity contribution in [3.05, 3.63) is 0 Å². The zero-order valence-electron chi connectivity index (χ0n) is 12.1. The van der Waals surface area contributed by atoms with Crippen LogP contribution in [0, 0.1) is 5.92 Å². The van der Waals surface area contributed by atoms with Crippen LogP contribution in [0.4, 0.5) is 4.79 Å². The predicted molar refractivity (Wildman–Crippen MR) is 79.6 cm³/mol. The third-order valence-electron chi connectivity index (χ3n) is 4.27. The summed E-state index contributed by atoms with van der Waals surface area (Å²) >= 11 is 1.31. The van der Waals surface area contributed by atoms with E-state index < -0.39 is 5.60 Å². The van der Waals surface area contributed by atoms with Crippen molar-refractivity contribution in [3.63, 3.8) is 0 Å². The minimum Gasteiger partial charge on any atom is -0.388 e. The number of carbonyl (C=O) groups excluding carboxylic acids is 2. The summed E-state index contributed by atoms with van der Waals surface area (Å²) in [5.74, 6) is 1.41. The second-order valence-corrected chi connectivity index (χ2v) is 7.08. The largest absolute Gasteiger partial charge is 0.388 e. The second kappa shape index (κ2) is 6.80. The maximum atomic E-state index is 11.8. The number of rotatable bonds is 5. The van der Waals surface area contributed by atoms with Gasteiger partial charge >= 0.3 is 0 Å². The number of hydrogen-bond acceptors (Lipinski definition) is 4. The summed E-state index contributed by atoms with van der Waals surface area (Å²) in [5.41, 5.74) is -0.735. The van der Waals surface area contributed by atoms with E-state index in [4.69, 9.17) is 0 Å². The van der Waals surface area contributed by atoms with Gasteiger partial charge in [0, 0.05) is 31.8 Å². The Labute approximate surface area is 124 Å². The van der Waals surface area contributed by atoms with Crippen LogP contribution >= 0.6 is 11.8 Å². The summed E-state index contributed by atoms with van der Waals surface area (Å²) < 4.78 is 0. The summed E-state index contributed by atoms with van der Waals surface area (Å²) in [7, 11) is 0. The van der Waals surface area contributed by atoms with E-state index >= 15 is 0 Å². The van der Waals surface area contributed by atoms with Gasteiger partial charge in [0.15, 0.2) is 0 Å². The Hall–Kier alpha value is -0.750. The molecule has 2 rings (SSSR count). The van der Waals surface area contributed by atoms with Crippen LogP contribution in [0.1, 0.15) is 39.0 Å². The van der Waals surface area contributed by atoms with Crippen molar-refractivity contribution in [2.75, 3.05) is 25.4 Å². The zero-order valence-corrected chi connectivity index (χ0v) is 12.9. The summed E-state index contributed by atoms with van der Waals surface area (Å²) in [6, 6.07) is 0. The number of amides is 2. The Morgan fingerprint density at radius 2 is 2.20 bits per heavy atom. The molecule has 0 aromatic rings. The van der Waals surface area contributed by atoms with E-state index in [0.717, 1.165) is 38.0 Å². The van der Waals surface area contributed by atoms with Crippen molar-refractivity contribution in [1.82, 2.24) is 10.2 Å². The molecule has 2 N–H and O–H groups in total. The van der Waals surface area contributed by atoms with Crippen LogP contribution in [0.5, 0.6) is 0 Å². The molecular weight excluding hydrogens is 276 g/mol. The molecular formula is C14H24N2O3S. The first-order valence-electron chi connectivity index (χ1n) is 7.39. The molecule has 0 spiro atoms. The monoisotopic (exact) mass is 300 g/mol. The highest BCUT2D eigenvalue weighted by Crippen LogP contribution is 2.31. The van der Waals surface area contributed by atoms with Crippen molar-refractivity contribution in [2.24, 2.45) is 5.92 Å². The number of thioether (sulfide) groups is 1. The van der Waals surface area contributed by atoms with Gasteiger partial charge in [-0.05, 0) is 31.6 Å². The van der Waals surface area contributed by atoms with E-state index in [9.17, 15) is 14.7 Å². The minimum atomic E-state index is -0.735. The Morgan fingerprint density at radius 1 is 1.50 bits per heavy atom. The average Bonchev–Trinajstić information content (AvgIpc) is 2.84. The number of nitrogens with one attached hydrogen (secondary N) is 1. The van der Waals surface area contributed by atoms with Crippen LogP contribution in [0.2, 0.25) is 0 Å². The van der Waals surface area contributed by atoms with Gasteiger partial charge in [-0.2, -0.15) is 0 Å². The lowest BCUT2D eigenvalue weighted by Gasteiger charge is -2.35. The molecule has 0 atom stereocenters. The first kappa shape index (κ1) is 15.6. The molecule has 5 nitrogen and oxygen atoms in total. The normalized spacial score (nSPS) is 30.6. The van der Waals surface area contributed by atoms with Crippen molar-refractivity contribution in [2.45, 2.75) is 44.6 Å². The summed E-state index contributed by atoms with van der Waals surface area (Å²) in [4.78, 5) is 24.9. The smallest absolute Gasteiger partial charge is 0.281 e. The van der Waals surface area contributed by atoms with Gasteiger partial charge in [0.25, 0.3) is 5.24 Å². The summed E-state index contributed by atoms with van der Waals surface area (Å²) in [6.07, 6.45) is 3.88. The van der Waals surface area contributed by atoms with Crippen LogP contribution in [0.25, 0.3) is 0 Å². The van der Waals surface area contributed by atoms with Crippen LogP contribution in [0.3, 0.4) is 0 Å². The van der Waals surface area contributed by atoms with Gasteiger partial charge < -0.3 is 15.3 Å². The zero-order chi connectivity index (χ0) is 14.6. The number of aliphatic hydroxyl groups is 1. The van der Waals surface area contributed by atoms with Gasteiger partial charge in [0.2, 0.25) is 5.91 Å². The standard InChI is InChI=1S/C14H24N2O3S/c1-11-2-5-14(19,6-3-11)10-15-12(17)4-7-16-8-9-20-13(16)18/h11,19H,2-10H2,1H3,(H,15,17). The van der Waals surface area contributed by atoms with E-state index in [1.165, 1.54) is 11.8 Å². The molecule has 0 aromatic heterocycles. The molecule has 0 bridgehead atoms. The van der Waals surface area contributed by atoms with Gasteiger partial charge in [0.1, 0.15) is 0 Å². The second-order valence-electron chi connectivity index (χ2n) is 6.04. The van der Waals surface area contributed by atoms with E-state index in [0.29, 0.717) is 25.4 Å². The van der Waals surface area contributed by atoms with Crippen molar-refractivity contribution in [3.8, 4) is 0 Å². The fourth-order valence-electron chi connectivity index (χ4n) is 2.69. The lowest BCUT2D eigenvalue weighted by atomic mass is 9.79. The number of carbonyl (C=O) groups is 2. The van der Waals surface area contributed by atoms with Gasteiger partial charge in [0.05, 0.1) is 5.60 Å². The van der Waals surface area contributed by atoms with Gasteiger partial charge in [-0.15, -0.1) is 0 Å². The SMILES string of the molecule is CC1CCC(O)(CNC(=O)CCN2CCSC2=O)CC1. The van der Waals surface area contributed by atoms with Crippen LogP contribution in [-0.4, -0.2) is 52.1 Å². The predicted octanol–water partition coefficient (Wildman–Crippen LogP) is 1.60. The molecule has 1 saturated heterocycles. The van der Waals surface area contributed by atoms with Gasteiger partial charge in [-0.3, -0.25) is 9.59 Å². The van der Waals surface area contributed by atoms with Crippen LogP contribution < -0.4 is 5.32 Å². The molecule has 0 unspecified atom stereocenters. The lowest BCUT2D eigenvalue weighted by Crippen LogP contribution is -2.45. The van der Waals surface area contributed by atoms with E-state index in [1.54, 1.807) is 4.90 Å². The highest BCUT2D eigenvalue weighted by Gasteiger charge is 2.32. The Morgan fingerprint density at radius 3 is 2.80 bits per heavy atom. The molecule has 2 fully saturated rings. The fraction of sp³-hybridized carbons (Fsp3) is 0.857. The average molecular weight is 300 g/mol. The summed E-state index contributed by atoms with van der Waals surface area (Å²) in [6.45, 7) is 3.75. The maximum absolute atomic E-state index is 11.8. The molecule has 2 amide bonds. The topological polar surface area (TPSA) is 69.6 Å². The third-order valence-corrected chi connectivity index (χ3v) is 5.17. The third kappa shape index (κ3) is 4.38. The molecule has 0 aromatic carbocycles. The Kier molecular flexibility index (Phi) is 5.32. The van der Waals surface area contributed by atoms with Gasteiger partial charge in [-0.25, -0.2) is 0 Å². The molecule has 114 valence electrons. The number of hydrogen-bond donors (Lipinski definition) is 2. The highest BCUT2D eigenvalue weighted by molar-refractivity contribution is 8.13. The maximum Gasteiger partial charge on any atom is 0.281 e. The lowest BCUT2D eigenvalue weighted by molar-refractivity contribution is -0.123. The molecule has 1 aliphatic heterocycles. The van der Waals surface area contributed by atoms with Gasteiger partial charge in [-0.1, -0.05) is 18.7 Å². The highest BCUT2D eigenvalue weighted by atomic mass is 32.2. The fourth-order valence-corrected chi connectivity index (χ4v) is 3.54. The molecule has 20 heavy (non-hydrogen) atoms. The van der Waals surface area contributed by atoms with Crippen LogP contribution in [-0.2, 0) is 4.79 Å². The molecule has 6 heteroatoms. The molecule has 1 aliphatic carbocycles. The first-order chi connectivity index (χ1) is 9.48. The minimum absolute atomic E-state index is 0.0673. The van der Waals surface area contributed by atoms with E-state index in [2.05, 4.69) is 12.2 Å². The first-order valence-corrected chi connectivity index (χ1v) is 8.38. The Balaban J connectivity index is 1.66. The number of nitrogens with zero attached hydrogens (tertiary/aromatic N) is 1. The molecule has 1 saturated carbocycles. The van der Waals surface area contributed by atoms with Crippen molar-refractivity contribution >= 4 is 22.9 Å². The molecule has 1 heterocycles. The van der Waals surface area contributed by atoms with Crippen molar-refractivity contribution < 1.29 is 14.7 Å². The van der Waals surface area contributed by atoms with E-state index in [1.807, 2.05) is 0 Å². The van der Waals surface area contributed by atoms with Crippen LogP contribution in [0.15, 0.2) is 0 Å².